The van der Waals surface area contributed by atoms with E-state index < -0.39 is 0 Å². The largest absolute Gasteiger partial charge is 0.391 e. The molecule has 2 fully saturated rings. The van der Waals surface area contributed by atoms with Gasteiger partial charge >= 0.3 is 0 Å². The number of hydrogen-bond acceptors (Lipinski definition) is 4. The van der Waals surface area contributed by atoms with Crippen LogP contribution in [0.1, 0.15) is 26.7 Å². The first-order valence-electron chi connectivity index (χ1n) is 5.52. The second-order valence-corrected chi connectivity index (χ2v) is 5.10. The number of nitrogens with zero attached hydrogens (tertiary/aromatic N) is 1. The summed E-state index contributed by atoms with van der Waals surface area (Å²) in [7, 11) is 0. The Morgan fingerprint density at radius 2 is 2.47 bits per heavy atom. The maximum absolute atomic E-state index is 9.48. The predicted molar refractivity (Wildman–Crippen MR) is 62.1 cm³/mol. The van der Waals surface area contributed by atoms with Gasteiger partial charge < -0.3 is 15.2 Å². The Hall–Kier alpha value is -0.260. The van der Waals surface area contributed by atoms with Gasteiger partial charge in [-0.05, 0) is 26.7 Å². The molecular weight excluding hydrogens is 212 g/mol. The Morgan fingerprint density at radius 3 is 3.13 bits per heavy atom. The summed E-state index contributed by atoms with van der Waals surface area (Å²) in [4.78, 5) is 4.34. The van der Waals surface area contributed by atoms with E-state index in [1.807, 2.05) is 6.92 Å². The van der Waals surface area contributed by atoms with Crippen molar-refractivity contribution in [3.05, 3.63) is 0 Å². The third kappa shape index (κ3) is 2.46. The number of aliphatic hydroxyl groups excluding tert-OH is 1. The molecule has 0 spiro atoms. The molecule has 5 heteroatoms. The summed E-state index contributed by atoms with van der Waals surface area (Å²) in [6, 6.07) is 0.371. The number of nitrogens with one attached hydrogen (secondary N) is 1. The third-order valence-electron chi connectivity index (χ3n) is 2.78. The Labute approximate surface area is 94.5 Å². The molecule has 2 rings (SSSR count). The number of amidine groups is 1. The highest BCUT2D eigenvalue weighted by Gasteiger charge is 2.39. The first kappa shape index (κ1) is 11.2. The summed E-state index contributed by atoms with van der Waals surface area (Å²) in [5.74, 6) is 0. The molecule has 0 saturated carbocycles. The van der Waals surface area contributed by atoms with Crippen LogP contribution in [0.25, 0.3) is 0 Å². The molecule has 2 N–H and O–H groups in total. The lowest BCUT2D eigenvalue weighted by Crippen LogP contribution is -2.43. The zero-order valence-electron chi connectivity index (χ0n) is 9.14. The third-order valence-corrected chi connectivity index (χ3v) is 3.92. The molecule has 2 aliphatic heterocycles. The number of aliphatic hydroxyl groups is 1. The molecule has 0 unspecified atom stereocenters. The smallest absolute Gasteiger partial charge is 0.159 e. The molecule has 0 aliphatic carbocycles. The van der Waals surface area contributed by atoms with Crippen LogP contribution in [0.2, 0.25) is 0 Å². The standard InChI is InChI=1S/C10H18N2O2S/c1-3-11-10-12-7-4-5-8(6(2)13)14-9(7)15-10/h6-9,13H,3-5H2,1-2H3,(H,11,12)/t6-,7-,8-,9-/m1/s1. The van der Waals surface area contributed by atoms with Crippen LogP contribution in [0.4, 0.5) is 0 Å². The number of hydrogen-bond donors (Lipinski definition) is 2. The lowest BCUT2D eigenvalue weighted by Gasteiger charge is -2.32. The van der Waals surface area contributed by atoms with Gasteiger partial charge in [0.05, 0.1) is 18.2 Å². The molecule has 0 bridgehead atoms. The van der Waals surface area contributed by atoms with Crippen molar-refractivity contribution in [2.45, 2.75) is 50.4 Å². The number of aliphatic imine (C=N–C) groups is 1. The molecule has 0 amide bonds. The molecule has 2 heterocycles. The van der Waals surface area contributed by atoms with Gasteiger partial charge in [-0.1, -0.05) is 11.8 Å². The van der Waals surface area contributed by atoms with Gasteiger partial charge in [-0.25, -0.2) is 0 Å². The summed E-state index contributed by atoms with van der Waals surface area (Å²) in [5, 5.41) is 13.8. The zero-order chi connectivity index (χ0) is 10.8. The average molecular weight is 230 g/mol. The van der Waals surface area contributed by atoms with Crippen LogP contribution in [0, 0.1) is 0 Å². The summed E-state index contributed by atoms with van der Waals surface area (Å²) >= 11 is 1.65. The Morgan fingerprint density at radius 1 is 1.67 bits per heavy atom. The van der Waals surface area contributed by atoms with Gasteiger partial charge in [0.15, 0.2) is 5.17 Å². The highest BCUT2D eigenvalue weighted by atomic mass is 32.2. The lowest BCUT2D eigenvalue weighted by atomic mass is 10.0. The van der Waals surface area contributed by atoms with Crippen LogP contribution in [-0.4, -0.2) is 40.5 Å². The minimum Gasteiger partial charge on any atom is -0.391 e. The van der Waals surface area contributed by atoms with E-state index in [0.29, 0.717) is 6.04 Å². The van der Waals surface area contributed by atoms with Gasteiger partial charge in [-0.2, -0.15) is 0 Å². The average Bonchev–Trinajstić information content (AvgIpc) is 2.59. The maximum atomic E-state index is 9.48. The molecule has 0 aromatic rings. The van der Waals surface area contributed by atoms with Crippen LogP contribution < -0.4 is 5.32 Å². The van der Waals surface area contributed by atoms with E-state index in [-0.39, 0.29) is 17.6 Å². The minimum absolute atomic E-state index is 0.0125. The molecule has 2 saturated heterocycles. The van der Waals surface area contributed by atoms with Crippen LogP contribution in [0.5, 0.6) is 0 Å². The molecular formula is C10H18N2O2S. The Balaban J connectivity index is 1.95. The molecule has 2 aliphatic rings. The van der Waals surface area contributed by atoms with E-state index in [0.717, 1.165) is 24.6 Å². The van der Waals surface area contributed by atoms with Crippen molar-refractivity contribution < 1.29 is 9.84 Å². The molecule has 0 radical (unpaired) electrons. The van der Waals surface area contributed by atoms with Crippen LogP contribution in [0.15, 0.2) is 4.99 Å². The topological polar surface area (TPSA) is 53.9 Å². The van der Waals surface area contributed by atoms with Crippen molar-refractivity contribution in [2.24, 2.45) is 4.99 Å². The summed E-state index contributed by atoms with van der Waals surface area (Å²) in [6.45, 7) is 4.62. The monoisotopic (exact) mass is 230 g/mol. The van der Waals surface area contributed by atoms with E-state index in [1.165, 1.54) is 0 Å². The molecule has 0 aromatic heterocycles. The summed E-state index contributed by atoms with van der Waals surface area (Å²) < 4.78 is 5.82. The molecule has 0 aromatic carbocycles. The molecule has 86 valence electrons. The van der Waals surface area contributed by atoms with Crippen molar-refractivity contribution >= 4 is 16.9 Å². The highest BCUT2D eigenvalue weighted by molar-refractivity contribution is 8.14. The van der Waals surface area contributed by atoms with Crippen molar-refractivity contribution in [1.29, 1.82) is 0 Å². The Kier molecular flexibility index (Phi) is 3.53. The van der Waals surface area contributed by atoms with E-state index in [9.17, 15) is 5.11 Å². The van der Waals surface area contributed by atoms with Gasteiger partial charge in [0.25, 0.3) is 0 Å². The minimum atomic E-state index is -0.376. The van der Waals surface area contributed by atoms with E-state index in [4.69, 9.17) is 4.74 Å². The van der Waals surface area contributed by atoms with Gasteiger partial charge in [0.1, 0.15) is 5.44 Å². The summed E-state index contributed by atoms with van der Waals surface area (Å²) in [6.07, 6.45) is 1.59. The van der Waals surface area contributed by atoms with Crippen LogP contribution in [0.3, 0.4) is 0 Å². The van der Waals surface area contributed by atoms with Crippen LogP contribution >= 0.6 is 11.8 Å². The normalized spacial score (nSPS) is 39.9. The number of ether oxygens (including phenoxy) is 1. The second-order valence-electron chi connectivity index (χ2n) is 4.01. The molecule has 4 nitrogen and oxygen atoms in total. The summed E-state index contributed by atoms with van der Waals surface area (Å²) in [5.41, 5.74) is 0.128. The fraction of sp³-hybridized carbons (Fsp3) is 0.900. The van der Waals surface area contributed by atoms with Gasteiger partial charge in [-0.3, -0.25) is 4.99 Å². The number of fused-ring (bicyclic) bond motifs is 1. The van der Waals surface area contributed by atoms with Crippen molar-refractivity contribution in [3.8, 4) is 0 Å². The number of thioether (sulfide) groups is 1. The zero-order valence-corrected chi connectivity index (χ0v) is 9.96. The highest BCUT2D eigenvalue weighted by Crippen LogP contribution is 2.34. The van der Waals surface area contributed by atoms with Gasteiger partial charge in [-0.15, -0.1) is 0 Å². The SMILES string of the molecule is CCN=C1N[C@@H]2CC[C@H]([C@@H](C)O)O[C@@H]2S1. The first-order chi connectivity index (χ1) is 7.20. The van der Waals surface area contributed by atoms with Crippen molar-refractivity contribution in [2.75, 3.05) is 6.54 Å². The van der Waals surface area contributed by atoms with Crippen molar-refractivity contribution in [1.82, 2.24) is 5.32 Å². The quantitative estimate of drug-likeness (QED) is 0.741. The lowest BCUT2D eigenvalue weighted by molar-refractivity contribution is -0.0751. The van der Waals surface area contributed by atoms with E-state index >= 15 is 0 Å². The Bertz CT molecular complexity index is 258. The molecule has 4 atom stereocenters. The van der Waals surface area contributed by atoms with E-state index in [1.54, 1.807) is 18.7 Å². The second kappa shape index (κ2) is 4.72. The van der Waals surface area contributed by atoms with Crippen LogP contribution in [-0.2, 0) is 4.74 Å². The molecule has 15 heavy (non-hydrogen) atoms. The maximum Gasteiger partial charge on any atom is 0.159 e. The fourth-order valence-corrected chi connectivity index (χ4v) is 3.16. The van der Waals surface area contributed by atoms with Gasteiger partial charge in [0, 0.05) is 6.54 Å². The van der Waals surface area contributed by atoms with Gasteiger partial charge in [0.2, 0.25) is 0 Å². The first-order valence-corrected chi connectivity index (χ1v) is 6.40. The predicted octanol–water partition coefficient (Wildman–Crippen LogP) is 0.953. The fourth-order valence-electron chi connectivity index (χ4n) is 1.95. The van der Waals surface area contributed by atoms with Crippen molar-refractivity contribution in [3.63, 3.8) is 0 Å². The van der Waals surface area contributed by atoms with E-state index in [2.05, 4.69) is 10.3 Å². The number of rotatable bonds is 2.